The molecule has 2 fully saturated rings. The Labute approximate surface area is 151 Å². The number of hydrogen-bond donors (Lipinski definition) is 1. The minimum absolute atomic E-state index is 0.296. The average Bonchev–Trinajstić information content (AvgIpc) is 2.62. The lowest BCUT2D eigenvalue weighted by Gasteiger charge is -2.37. The van der Waals surface area contributed by atoms with Crippen molar-refractivity contribution in [2.75, 3.05) is 59.4 Å². The van der Waals surface area contributed by atoms with Crippen molar-refractivity contribution in [2.45, 2.75) is 43.8 Å². The molecule has 0 aromatic rings. The van der Waals surface area contributed by atoms with Crippen molar-refractivity contribution in [1.29, 1.82) is 0 Å². The van der Waals surface area contributed by atoms with Gasteiger partial charge >= 0.3 is 0 Å². The maximum Gasteiger partial charge on any atom is 0.193 e. The molecule has 0 aliphatic carbocycles. The van der Waals surface area contributed by atoms with E-state index in [4.69, 9.17) is 9.47 Å². The Morgan fingerprint density at radius 3 is 2.50 bits per heavy atom. The van der Waals surface area contributed by atoms with Crippen LogP contribution in [0.5, 0.6) is 0 Å². The summed E-state index contributed by atoms with van der Waals surface area (Å²) in [6.07, 6.45) is 5.89. The van der Waals surface area contributed by atoms with Crippen LogP contribution in [0.25, 0.3) is 0 Å². The van der Waals surface area contributed by atoms with E-state index in [0.717, 1.165) is 70.0 Å². The van der Waals surface area contributed by atoms with Crippen LogP contribution in [0.1, 0.15) is 39.0 Å². The van der Waals surface area contributed by atoms with Gasteiger partial charge in [0.2, 0.25) is 0 Å². The molecule has 0 aromatic heterocycles. The molecular formula is C18H35N3O2S. The normalized spacial score (nSPS) is 22.4. The van der Waals surface area contributed by atoms with Gasteiger partial charge in [-0.1, -0.05) is 6.92 Å². The van der Waals surface area contributed by atoms with Gasteiger partial charge in [0.25, 0.3) is 0 Å². The Morgan fingerprint density at radius 2 is 1.88 bits per heavy atom. The lowest BCUT2D eigenvalue weighted by atomic mass is 9.96. The molecule has 2 heterocycles. The molecule has 0 bridgehead atoms. The van der Waals surface area contributed by atoms with E-state index in [9.17, 15) is 0 Å². The Balaban J connectivity index is 1.79. The van der Waals surface area contributed by atoms with E-state index in [1.54, 1.807) is 0 Å². The summed E-state index contributed by atoms with van der Waals surface area (Å²) in [6.45, 7) is 7.90. The standard InChI is InChI=1S/C18H35N3O2S/c1-4-24-18(8-13-23-14-9-18)15-20-17(19-2)21(3)10-5-16-6-11-22-12-7-16/h16H,4-15H2,1-3H3,(H,19,20). The van der Waals surface area contributed by atoms with Crippen LogP contribution in [0.4, 0.5) is 0 Å². The highest BCUT2D eigenvalue weighted by atomic mass is 32.2. The third kappa shape index (κ3) is 6.12. The second kappa shape index (κ2) is 10.5. The molecule has 1 N–H and O–H groups in total. The molecule has 2 aliphatic heterocycles. The number of thioether (sulfide) groups is 1. The summed E-state index contributed by atoms with van der Waals surface area (Å²) in [4.78, 5) is 6.77. The smallest absolute Gasteiger partial charge is 0.193 e. The van der Waals surface area contributed by atoms with Crippen LogP contribution in [-0.2, 0) is 9.47 Å². The molecule has 6 heteroatoms. The highest BCUT2D eigenvalue weighted by Gasteiger charge is 2.33. The fourth-order valence-electron chi connectivity index (χ4n) is 3.56. The summed E-state index contributed by atoms with van der Waals surface area (Å²) in [5.41, 5.74) is 0. The van der Waals surface area contributed by atoms with Gasteiger partial charge in [-0.2, -0.15) is 11.8 Å². The van der Waals surface area contributed by atoms with Crippen molar-refractivity contribution >= 4 is 17.7 Å². The Bertz CT molecular complexity index is 375. The van der Waals surface area contributed by atoms with Gasteiger partial charge < -0.3 is 19.7 Å². The summed E-state index contributed by atoms with van der Waals surface area (Å²) in [5, 5.41) is 3.63. The zero-order valence-electron chi connectivity index (χ0n) is 15.7. The fraction of sp³-hybridized carbons (Fsp3) is 0.944. The number of aliphatic imine (C=N–C) groups is 1. The molecule has 0 amide bonds. The maximum atomic E-state index is 5.57. The summed E-state index contributed by atoms with van der Waals surface area (Å²) in [5.74, 6) is 2.97. The maximum absolute atomic E-state index is 5.57. The summed E-state index contributed by atoms with van der Waals surface area (Å²) >= 11 is 2.07. The van der Waals surface area contributed by atoms with E-state index in [0.29, 0.717) is 4.75 Å². The third-order valence-corrected chi connectivity index (χ3v) is 6.66. The Kier molecular flexibility index (Phi) is 8.70. The highest BCUT2D eigenvalue weighted by Crippen LogP contribution is 2.34. The Hall–Kier alpha value is -0.460. The van der Waals surface area contributed by atoms with Gasteiger partial charge in [0.1, 0.15) is 0 Å². The van der Waals surface area contributed by atoms with Crippen LogP contribution >= 0.6 is 11.8 Å². The van der Waals surface area contributed by atoms with Crippen LogP contribution in [0.3, 0.4) is 0 Å². The van der Waals surface area contributed by atoms with Gasteiger partial charge in [-0.3, -0.25) is 4.99 Å². The second-order valence-corrected chi connectivity index (χ2v) is 8.63. The van der Waals surface area contributed by atoms with E-state index < -0.39 is 0 Å². The van der Waals surface area contributed by atoms with Gasteiger partial charge in [0, 0.05) is 58.4 Å². The van der Waals surface area contributed by atoms with Crippen molar-refractivity contribution in [2.24, 2.45) is 10.9 Å². The molecule has 0 saturated carbocycles. The first kappa shape index (κ1) is 19.9. The van der Waals surface area contributed by atoms with Crippen LogP contribution in [0.2, 0.25) is 0 Å². The van der Waals surface area contributed by atoms with Gasteiger partial charge in [-0.25, -0.2) is 0 Å². The van der Waals surface area contributed by atoms with E-state index >= 15 is 0 Å². The lowest BCUT2D eigenvalue weighted by Crippen LogP contribution is -2.48. The van der Waals surface area contributed by atoms with Crippen LogP contribution < -0.4 is 5.32 Å². The highest BCUT2D eigenvalue weighted by molar-refractivity contribution is 8.00. The average molecular weight is 358 g/mol. The molecule has 0 atom stereocenters. The number of nitrogens with zero attached hydrogens (tertiary/aromatic N) is 2. The minimum atomic E-state index is 0.296. The lowest BCUT2D eigenvalue weighted by molar-refractivity contribution is 0.0625. The predicted molar refractivity (Wildman–Crippen MR) is 103 cm³/mol. The van der Waals surface area contributed by atoms with E-state index in [-0.39, 0.29) is 0 Å². The number of hydrogen-bond acceptors (Lipinski definition) is 4. The summed E-state index contributed by atoms with van der Waals surface area (Å²) in [6, 6.07) is 0. The zero-order valence-corrected chi connectivity index (χ0v) is 16.5. The largest absolute Gasteiger partial charge is 0.381 e. The molecule has 0 radical (unpaired) electrons. The van der Waals surface area contributed by atoms with E-state index in [1.165, 1.54) is 19.3 Å². The molecule has 2 rings (SSSR count). The first-order valence-corrected chi connectivity index (χ1v) is 10.4. The van der Waals surface area contributed by atoms with Crippen LogP contribution in [0.15, 0.2) is 4.99 Å². The van der Waals surface area contributed by atoms with Crippen molar-refractivity contribution in [3.05, 3.63) is 0 Å². The van der Waals surface area contributed by atoms with Crippen LogP contribution in [0, 0.1) is 5.92 Å². The number of ether oxygens (including phenoxy) is 2. The number of guanidine groups is 1. The molecule has 0 aromatic carbocycles. The summed E-state index contributed by atoms with van der Waals surface area (Å²) in [7, 11) is 4.04. The van der Waals surface area contributed by atoms with Crippen LogP contribution in [-0.4, -0.2) is 75.0 Å². The molecule has 2 saturated heterocycles. The SMILES string of the molecule is CCSC1(CNC(=NC)N(C)CCC2CCOCC2)CCOCC1. The van der Waals surface area contributed by atoms with Crippen molar-refractivity contribution in [3.63, 3.8) is 0 Å². The van der Waals surface area contributed by atoms with Gasteiger partial charge in [0.15, 0.2) is 5.96 Å². The monoisotopic (exact) mass is 357 g/mol. The molecule has 2 aliphatic rings. The minimum Gasteiger partial charge on any atom is -0.381 e. The first-order valence-electron chi connectivity index (χ1n) is 9.40. The molecule has 0 spiro atoms. The Morgan fingerprint density at radius 1 is 1.21 bits per heavy atom. The topological polar surface area (TPSA) is 46.1 Å². The van der Waals surface area contributed by atoms with E-state index in [1.807, 2.05) is 7.05 Å². The van der Waals surface area contributed by atoms with Gasteiger partial charge in [0.05, 0.1) is 0 Å². The van der Waals surface area contributed by atoms with Gasteiger partial charge in [-0.15, -0.1) is 0 Å². The molecular weight excluding hydrogens is 322 g/mol. The van der Waals surface area contributed by atoms with Crippen molar-refractivity contribution in [3.8, 4) is 0 Å². The summed E-state index contributed by atoms with van der Waals surface area (Å²) < 4.78 is 11.3. The quantitative estimate of drug-likeness (QED) is 0.560. The molecule has 24 heavy (non-hydrogen) atoms. The molecule has 0 unspecified atom stereocenters. The third-order valence-electron chi connectivity index (χ3n) is 5.21. The van der Waals surface area contributed by atoms with Crippen molar-refractivity contribution in [1.82, 2.24) is 10.2 Å². The number of nitrogens with one attached hydrogen (secondary N) is 1. The molecule has 140 valence electrons. The second-order valence-electron chi connectivity index (χ2n) is 6.90. The fourth-order valence-corrected chi connectivity index (χ4v) is 4.81. The van der Waals surface area contributed by atoms with Gasteiger partial charge in [-0.05, 0) is 43.8 Å². The predicted octanol–water partition coefficient (Wildman–Crippen LogP) is 2.61. The van der Waals surface area contributed by atoms with E-state index in [2.05, 4.69) is 40.9 Å². The first-order chi connectivity index (χ1) is 11.7. The van der Waals surface area contributed by atoms with Crippen molar-refractivity contribution < 1.29 is 9.47 Å². The molecule has 5 nitrogen and oxygen atoms in total. The zero-order chi connectivity index (χ0) is 17.3. The number of rotatable bonds is 7.